The predicted octanol–water partition coefficient (Wildman–Crippen LogP) is 3.64. The van der Waals surface area contributed by atoms with E-state index in [1.807, 2.05) is 33.8 Å². The van der Waals surface area contributed by atoms with E-state index >= 15 is 0 Å². The summed E-state index contributed by atoms with van der Waals surface area (Å²) in [6, 6.07) is 1.97. The van der Waals surface area contributed by atoms with E-state index in [2.05, 4.69) is 9.71 Å². The van der Waals surface area contributed by atoms with Crippen LogP contribution >= 0.6 is 0 Å². The van der Waals surface area contributed by atoms with E-state index in [-0.39, 0.29) is 38.3 Å². The van der Waals surface area contributed by atoms with Crippen molar-refractivity contribution in [3.8, 4) is 0 Å². The molecule has 2 rings (SSSR count). The van der Waals surface area contributed by atoms with Gasteiger partial charge in [0, 0.05) is 11.8 Å². The Morgan fingerprint density at radius 1 is 1.22 bits per heavy atom. The van der Waals surface area contributed by atoms with Gasteiger partial charge in [-0.25, -0.2) is 13.4 Å². The van der Waals surface area contributed by atoms with Crippen LogP contribution in [0.3, 0.4) is 0 Å². The molecule has 0 fully saturated rings. The Morgan fingerprint density at radius 3 is 2.22 bits per heavy atom. The van der Waals surface area contributed by atoms with Gasteiger partial charge in [-0.1, -0.05) is 5.56 Å². The fraction of sp³-hybridized carbons (Fsp3) is 0.438. The molecule has 0 aromatic heterocycles. The van der Waals surface area contributed by atoms with Gasteiger partial charge in [-0.05, 0) is 44.9 Å². The fourth-order valence-electron chi connectivity index (χ4n) is 2.14. The molecule has 1 aliphatic rings. The SMILES string of the molecule is Cc1cc(C2=N[C@@H](C)CO2)c([N-]S(C)(=O)=O)c(C)c1C.[CH3-].[CH3-].[Cr+3]. The smallest absolute Gasteiger partial charge is 0.576 e. The Labute approximate surface area is 151 Å². The molecular weight excluding hydrogens is 352 g/mol. The fourth-order valence-corrected chi connectivity index (χ4v) is 2.70. The minimum Gasteiger partial charge on any atom is -0.576 e. The van der Waals surface area contributed by atoms with Crippen molar-refractivity contribution in [1.29, 1.82) is 0 Å². The molecule has 0 spiro atoms. The van der Waals surface area contributed by atoms with E-state index in [4.69, 9.17) is 4.74 Å². The van der Waals surface area contributed by atoms with Crippen LogP contribution in [0.1, 0.15) is 29.2 Å². The number of hydrogen-bond donors (Lipinski definition) is 0. The Hall–Kier alpha value is -1.03. The third-order valence-electron chi connectivity index (χ3n) is 3.41. The number of hydrogen-bond acceptors (Lipinski definition) is 4. The van der Waals surface area contributed by atoms with Crippen molar-refractivity contribution in [2.75, 3.05) is 12.9 Å². The molecular formula is C16H25CrN2O3S. The molecule has 0 amide bonds. The molecule has 5 nitrogen and oxygen atoms in total. The zero-order valence-electron chi connectivity index (χ0n) is 14.8. The van der Waals surface area contributed by atoms with Crippen molar-refractivity contribution < 1.29 is 30.5 Å². The summed E-state index contributed by atoms with van der Waals surface area (Å²) in [7, 11) is -3.48. The number of benzene rings is 1. The van der Waals surface area contributed by atoms with Crippen LogP contribution < -0.4 is 0 Å². The van der Waals surface area contributed by atoms with Gasteiger partial charge in [-0.3, -0.25) is 0 Å². The van der Waals surface area contributed by atoms with Gasteiger partial charge >= 0.3 is 17.4 Å². The van der Waals surface area contributed by atoms with E-state index in [1.54, 1.807) is 0 Å². The zero-order valence-corrected chi connectivity index (χ0v) is 16.9. The number of aryl methyl sites for hydroxylation is 1. The molecule has 1 radical (unpaired) electrons. The van der Waals surface area contributed by atoms with E-state index < -0.39 is 10.0 Å². The first-order chi connectivity index (χ1) is 9.19. The van der Waals surface area contributed by atoms with Gasteiger partial charge in [-0.15, -0.1) is 5.69 Å². The van der Waals surface area contributed by atoms with Crippen molar-refractivity contribution >= 4 is 21.6 Å². The molecule has 1 aromatic rings. The largest absolute Gasteiger partial charge is 3.00 e. The zero-order chi connectivity index (χ0) is 15.1. The number of aliphatic imine (C=N–C) groups is 1. The van der Waals surface area contributed by atoms with Crippen LogP contribution in [-0.2, 0) is 32.1 Å². The normalized spacial score (nSPS) is 16.2. The summed E-state index contributed by atoms with van der Waals surface area (Å²) >= 11 is 0. The summed E-state index contributed by atoms with van der Waals surface area (Å²) in [5.41, 5.74) is 4.03. The van der Waals surface area contributed by atoms with Crippen LogP contribution in [0.25, 0.3) is 4.72 Å². The average molecular weight is 377 g/mol. The summed E-state index contributed by atoms with van der Waals surface area (Å²) in [6.45, 7) is 8.27. The molecule has 7 heteroatoms. The molecule has 1 heterocycles. The molecule has 0 saturated heterocycles. The van der Waals surface area contributed by atoms with Crippen molar-refractivity contribution in [3.63, 3.8) is 0 Å². The Morgan fingerprint density at radius 2 is 1.78 bits per heavy atom. The molecule has 0 unspecified atom stereocenters. The van der Waals surface area contributed by atoms with Gasteiger partial charge in [0.2, 0.25) is 5.90 Å². The van der Waals surface area contributed by atoms with Gasteiger partial charge in [-0.2, -0.15) is 0 Å². The van der Waals surface area contributed by atoms with Crippen molar-refractivity contribution in [2.24, 2.45) is 4.99 Å². The standard InChI is InChI=1S/C14H19N2O3S.2CH3.Cr/c1-8-6-12(14-15-9(2)7-19-14)13(11(4)10(8)3)16-20(5,17)18;;;/h6,9H,7H2,1-5H3;2*1H3;/q3*-1;+3/t9-;;;/m0.../s1. The molecule has 0 N–H and O–H groups in total. The minimum atomic E-state index is -3.48. The third kappa shape index (κ3) is 5.52. The molecule has 1 aromatic carbocycles. The first-order valence-corrected chi connectivity index (χ1v) is 8.28. The van der Waals surface area contributed by atoms with E-state index in [9.17, 15) is 8.42 Å². The monoisotopic (exact) mass is 377 g/mol. The Kier molecular flexibility index (Phi) is 9.19. The van der Waals surface area contributed by atoms with Crippen LogP contribution in [0, 0.1) is 35.6 Å². The minimum absolute atomic E-state index is 0. The summed E-state index contributed by atoms with van der Waals surface area (Å²) in [4.78, 5) is 4.40. The second-order valence-corrected chi connectivity index (χ2v) is 6.91. The summed E-state index contributed by atoms with van der Waals surface area (Å²) in [5, 5.41) is 0. The van der Waals surface area contributed by atoms with Crippen molar-refractivity contribution in [3.05, 3.63) is 47.9 Å². The Bertz CT molecular complexity index is 685. The molecule has 1 aliphatic heterocycles. The topological polar surface area (TPSA) is 69.8 Å². The van der Waals surface area contributed by atoms with Crippen LogP contribution in [0.4, 0.5) is 5.69 Å². The summed E-state index contributed by atoms with van der Waals surface area (Å²) in [5.74, 6) is 0.478. The molecule has 129 valence electrons. The van der Waals surface area contributed by atoms with Gasteiger partial charge in [0.25, 0.3) is 0 Å². The van der Waals surface area contributed by atoms with Crippen molar-refractivity contribution in [2.45, 2.75) is 33.7 Å². The van der Waals surface area contributed by atoms with Gasteiger partial charge in [0.1, 0.15) is 6.61 Å². The van der Waals surface area contributed by atoms with Gasteiger partial charge < -0.3 is 24.3 Å². The first-order valence-electron chi connectivity index (χ1n) is 6.44. The molecule has 0 aliphatic carbocycles. The van der Waals surface area contributed by atoms with E-state index in [0.717, 1.165) is 22.9 Å². The maximum absolute atomic E-state index is 11.5. The first kappa shape index (κ1) is 24.2. The maximum Gasteiger partial charge on any atom is 3.00 e. The second-order valence-electron chi connectivity index (χ2n) is 5.26. The predicted molar refractivity (Wildman–Crippen MR) is 93.3 cm³/mol. The number of sulfonamides is 1. The Balaban J connectivity index is 0. The quantitative estimate of drug-likeness (QED) is 0.755. The van der Waals surface area contributed by atoms with Crippen LogP contribution in [0.15, 0.2) is 11.1 Å². The summed E-state index contributed by atoms with van der Waals surface area (Å²) < 4.78 is 32.5. The molecule has 0 bridgehead atoms. The van der Waals surface area contributed by atoms with Crippen LogP contribution in [-0.4, -0.2) is 33.2 Å². The van der Waals surface area contributed by atoms with E-state index in [1.165, 1.54) is 0 Å². The van der Waals surface area contributed by atoms with Gasteiger partial charge in [0.15, 0.2) is 0 Å². The number of rotatable bonds is 3. The van der Waals surface area contributed by atoms with Crippen LogP contribution in [0.5, 0.6) is 0 Å². The van der Waals surface area contributed by atoms with Crippen molar-refractivity contribution in [1.82, 2.24) is 0 Å². The molecule has 0 saturated carbocycles. The van der Waals surface area contributed by atoms with Crippen LogP contribution in [0.2, 0.25) is 0 Å². The maximum atomic E-state index is 11.5. The summed E-state index contributed by atoms with van der Waals surface area (Å²) in [6.07, 6.45) is 1.09. The molecule has 1 atom stereocenters. The number of ether oxygens (including phenoxy) is 1. The third-order valence-corrected chi connectivity index (χ3v) is 3.93. The number of nitrogens with zero attached hydrogens (tertiary/aromatic N) is 2. The second kappa shape index (κ2) is 8.72. The average Bonchev–Trinajstić information content (AvgIpc) is 2.75. The van der Waals surface area contributed by atoms with Gasteiger partial charge in [0.05, 0.1) is 16.1 Å². The van der Waals surface area contributed by atoms with E-state index in [0.29, 0.717) is 23.8 Å². The molecule has 23 heavy (non-hydrogen) atoms.